The summed E-state index contributed by atoms with van der Waals surface area (Å²) in [6.07, 6.45) is 0. The third-order valence-electron chi connectivity index (χ3n) is 2.56. The first kappa shape index (κ1) is 13.1. The minimum absolute atomic E-state index is 0.121. The van der Waals surface area contributed by atoms with Crippen LogP contribution in [0, 0.1) is 16.7 Å². The Morgan fingerprint density at radius 3 is 2.58 bits per heavy atom. The van der Waals surface area contributed by atoms with Gasteiger partial charge in [-0.15, -0.1) is 11.8 Å². The van der Waals surface area contributed by atoms with Gasteiger partial charge in [0.2, 0.25) is 5.69 Å². The zero-order valence-electron chi connectivity index (χ0n) is 9.95. The molecular weight excluding hydrogens is 260 g/mol. The quantitative estimate of drug-likeness (QED) is 0.357. The van der Waals surface area contributed by atoms with Crippen molar-refractivity contribution in [1.29, 1.82) is 0 Å². The average molecular weight is 270 g/mol. The van der Waals surface area contributed by atoms with E-state index in [9.17, 15) is 10.1 Å². The molecule has 0 amide bonds. The van der Waals surface area contributed by atoms with Crippen LogP contribution >= 0.6 is 11.8 Å². The molecule has 0 aliphatic heterocycles. The first-order chi connectivity index (χ1) is 9.22. The lowest BCUT2D eigenvalue weighted by Gasteiger charge is -2.04. The van der Waals surface area contributed by atoms with Gasteiger partial charge in [-0.25, -0.2) is 4.85 Å². The van der Waals surface area contributed by atoms with Crippen molar-refractivity contribution >= 4 is 23.1 Å². The molecule has 19 heavy (non-hydrogen) atoms. The molecule has 0 radical (unpaired) electrons. The van der Waals surface area contributed by atoms with Crippen molar-refractivity contribution in [3.63, 3.8) is 0 Å². The van der Waals surface area contributed by atoms with Gasteiger partial charge < -0.3 is 0 Å². The van der Waals surface area contributed by atoms with E-state index in [1.807, 2.05) is 18.2 Å². The molecule has 0 spiro atoms. The predicted octanol–water partition coefficient (Wildman–Crippen LogP) is 4.44. The van der Waals surface area contributed by atoms with Crippen LogP contribution in [0.15, 0.2) is 53.4 Å². The number of nitro groups is 1. The second-order valence-electron chi connectivity index (χ2n) is 3.75. The molecule has 2 aromatic rings. The maximum Gasteiger partial charge on any atom is 0.273 e. The van der Waals surface area contributed by atoms with E-state index in [1.165, 1.54) is 17.8 Å². The second-order valence-corrected chi connectivity index (χ2v) is 4.77. The average Bonchev–Trinajstić information content (AvgIpc) is 2.45. The second kappa shape index (κ2) is 6.03. The largest absolute Gasteiger partial charge is 0.273 e. The third kappa shape index (κ3) is 3.12. The Bertz CT molecular complexity index is 650. The first-order valence-corrected chi connectivity index (χ1v) is 6.52. The molecule has 4 nitrogen and oxygen atoms in total. The molecule has 0 N–H and O–H groups in total. The van der Waals surface area contributed by atoms with Gasteiger partial charge in [0.25, 0.3) is 5.69 Å². The van der Waals surface area contributed by atoms with E-state index < -0.39 is 0 Å². The van der Waals surface area contributed by atoms with E-state index in [0.29, 0.717) is 17.0 Å². The van der Waals surface area contributed by atoms with Gasteiger partial charge in [0.05, 0.1) is 11.5 Å². The van der Waals surface area contributed by atoms with Crippen LogP contribution in [0.5, 0.6) is 0 Å². The van der Waals surface area contributed by atoms with Crippen molar-refractivity contribution < 1.29 is 4.92 Å². The Hall–Kier alpha value is -2.32. The lowest BCUT2D eigenvalue weighted by molar-refractivity contribution is -0.385. The summed E-state index contributed by atoms with van der Waals surface area (Å²) in [6.45, 7) is 7.08. The number of thioether (sulfide) groups is 1. The van der Waals surface area contributed by atoms with Gasteiger partial charge in [-0.2, -0.15) is 0 Å². The summed E-state index contributed by atoms with van der Waals surface area (Å²) in [5, 5.41) is 10.9. The molecule has 2 rings (SSSR count). The summed E-state index contributed by atoms with van der Waals surface area (Å²) in [7, 11) is 0. The molecule has 0 bridgehead atoms. The minimum Gasteiger partial charge on any atom is -0.258 e. The van der Waals surface area contributed by atoms with Gasteiger partial charge in [0.15, 0.2) is 0 Å². The molecule has 0 saturated heterocycles. The molecular formula is C14H10N2O2S. The molecule has 2 aromatic carbocycles. The molecule has 0 atom stereocenters. The van der Waals surface area contributed by atoms with Crippen LogP contribution in [0.2, 0.25) is 0 Å². The Balaban J connectivity index is 2.20. The van der Waals surface area contributed by atoms with Gasteiger partial charge in [-0.05, 0) is 0 Å². The van der Waals surface area contributed by atoms with Crippen LogP contribution in [-0.4, -0.2) is 4.92 Å². The number of rotatable bonds is 4. The van der Waals surface area contributed by atoms with Crippen LogP contribution in [-0.2, 0) is 5.75 Å². The van der Waals surface area contributed by atoms with E-state index >= 15 is 0 Å². The molecule has 0 aliphatic rings. The molecule has 0 aliphatic carbocycles. The van der Waals surface area contributed by atoms with Crippen molar-refractivity contribution in [2.75, 3.05) is 0 Å². The zero-order valence-corrected chi connectivity index (χ0v) is 10.8. The Morgan fingerprint density at radius 2 is 1.84 bits per heavy atom. The van der Waals surface area contributed by atoms with Gasteiger partial charge in [-0.1, -0.05) is 42.5 Å². The summed E-state index contributed by atoms with van der Waals surface area (Å²) in [5.74, 6) is 0.476. The molecule has 5 heteroatoms. The number of nitrogens with zero attached hydrogens (tertiary/aromatic N) is 2. The molecule has 0 aromatic heterocycles. The Morgan fingerprint density at radius 1 is 1.16 bits per heavy atom. The maximum atomic E-state index is 10.9. The molecule has 0 heterocycles. The summed E-state index contributed by atoms with van der Waals surface area (Å²) in [4.78, 5) is 14.8. The Kier molecular flexibility index (Phi) is 4.16. The lowest BCUT2D eigenvalue weighted by Crippen LogP contribution is -1.93. The molecule has 0 saturated carbocycles. The highest BCUT2D eigenvalue weighted by molar-refractivity contribution is 7.98. The van der Waals surface area contributed by atoms with Crippen LogP contribution in [0.1, 0.15) is 5.56 Å². The summed E-state index contributed by atoms with van der Waals surface area (Å²) < 4.78 is 0. The van der Waals surface area contributed by atoms with Crippen molar-refractivity contribution in [1.82, 2.24) is 0 Å². The van der Waals surface area contributed by atoms with Crippen molar-refractivity contribution in [2.45, 2.75) is 10.6 Å². The highest BCUT2D eigenvalue weighted by atomic mass is 32.2. The number of para-hydroxylation sites is 2. The number of benzene rings is 2. The molecule has 0 fully saturated rings. The summed E-state index contributed by atoms with van der Waals surface area (Å²) >= 11 is 1.44. The molecule has 94 valence electrons. The smallest absolute Gasteiger partial charge is 0.258 e. The SMILES string of the molecule is [C-]#[N+]c1ccccc1SCc1ccccc1[N+](=O)[O-]. The fourth-order valence-corrected chi connectivity index (χ4v) is 2.63. The van der Waals surface area contributed by atoms with Crippen molar-refractivity contribution in [3.8, 4) is 0 Å². The van der Waals surface area contributed by atoms with Crippen molar-refractivity contribution in [2.24, 2.45) is 0 Å². The number of hydrogen-bond acceptors (Lipinski definition) is 3. The topological polar surface area (TPSA) is 47.5 Å². The van der Waals surface area contributed by atoms with Crippen LogP contribution in [0.4, 0.5) is 11.4 Å². The third-order valence-corrected chi connectivity index (χ3v) is 3.67. The monoisotopic (exact) mass is 270 g/mol. The standard InChI is InChI=1S/C14H10N2O2S/c1-15-12-7-3-5-9-14(12)19-10-11-6-2-4-8-13(11)16(17)18/h2-9H,10H2. The summed E-state index contributed by atoms with van der Waals surface area (Å²) in [6, 6.07) is 13.9. The highest BCUT2D eigenvalue weighted by Crippen LogP contribution is 2.33. The number of nitro benzene ring substituents is 1. The van der Waals surface area contributed by atoms with E-state index in [1.54, 1.807) is 24.3 Å². The molecule has 0 unspecified atom stereocenters. The van der Waals surface area contributed by atoms with Gasteiger partial charge in [0, 0.05) is 22.3 Å². The van der Waals surface area contributed by atoms with E-state index in [2.05, 4.69) is 4.85 Å². The van der Waals surface area contributed by atoms with E-state index in [4.69, 9.17) is 6.57 Å². The van der Waals surface area contributed by atoms with E-state index in [-0.39, 0.29) is 10.6 Å². The Labute approximate surface area is 115 Å². The maximum absolute atomic E-state index is 10.9. The van der Waals surface area contributed by atoms with Crippen LogP contribution in [0.25, 0.3) is 4.85 Å². The van der Waals surface area contributed by atoms with Crippen molar-refractivity contribution in [3.05, 3.63) is 75.6 Å². The first-order valence-electron chi connectivity index (χ1n) is 5.54. The summed E-state index contributed by atoms with van der Waals surface area (Å²) in [5.41, 5.74) is 1.36. The van der Waals surface area contributed by atoms with Gasteiger partial charge in [0.1, 0.15) is 0 Å². The van der Waals surface area contributed by atoms with Gasteiger partial charge >= 0.3 is 0 Å². The predicted molar refractivity (Wildman–Crippen MR) is 75.4 cm³/mol. The normalized spacial score (nSPS) is 9.84. The van der Waals surface area contributed by atoms with Crippen LogP contribution in [0.3, 0.4) is 0 Å². The fraction of sp³-hybridized carbons (Fsp3) is 0.0714. The lowest BCUT2D eigenvalue weighted by atomic mass is 10.2. The minimum atomic E-state index is -0.378. The zero-order chi connectivity index (χ0) is 13.7. The van der Waals surface area contributed by atoms with E-state index in [0.717, 1.165) is 4.90 Å². The fourth-order valence-electron chi connectivity index (χ4n) is 1.64. The van der Waals surface area contributed by atoms with Crippen LogP contribution < -0.4 is 0 Å². The highest BCUT2D eigenvalue weighted by Gasteiger charge is 2.12. The van der Waals surface area contributed by atoms with Gasteiger partial charge in [-0.3, -0.25) is 10.1 Å². The number of hydrogen-bond donors (Lipinski definition) is 0.